The van der Waals surface area contributed by atoms with Crippen molar-refractivity contribution in [2.45, 2.75) is 60.3 Å². The van der Waals surface area contributed by atoms with Gasteiger partial charge in [-0.1, -0.05) is 88.4 Å². The van der Waals surface area contributed by atoms with Crippen LogP contribution in [0.4, 0.5) is 0 Å². The van der Waals surface area contributed by atoms with E-state index >= 15 is 0 Å². The van der Waals surface area contributed by atoms with Gasteiger partial charge in [0.25, 0.3) is 0 Å². The van der Waals surface area contributed by atoms with Crippen LogP contribution in [0.25, 0.3) is 11.1 Å². The van der Waals surface area contributed by atoms with Crippen LogP contribution in [0, 0.1) is 6.92 Å². The maximum Gasteiger partial charge on any atom is 0.150 e. The Kier molecular flexibility index (Phi) is 8.86. The van der Waals surface area contributed by atoms with E-state index in [1.807, 2.05) is 26.8 Å². The van der Waals surface area contributed by atoms with E-state index in [2.05, 4.69) is 68.4 Å². The molecule has 0 heterocycles. The maximum atomic E-state index is 10.9. The summed E-state index contributed by atoms with van der Waals surface area (Å²) >= 11 is 0. The van der Waals surface area contributed by atoms with Gasteiger partial charge in [0, 0.05) is 5.56 Å². The Morgan fingerprint density at radius 2 is 1.28 bits per heavy atom. The highest BCUT2D eigenvalue weighted by molar-refractivity contribution is 5.77. The quantitative estimate of drug-likeness (QED) is 0.386. The predicted molar refractivity (Wildman–Crippen MR) is 126 cm³/mol. The second-order valence-corrected chi connectivity index (χ2v) is 7.20. The number of carbonyl (C=O) groups is 1. The monoisotopic (exact) mass is 386 g/mol. The molecule has 3 rings (SSSR count). The van der Waals surface area contributed by atoms with Gasteiger partial charge in [-0.3, -0.25) is 4.79 Å². The number of rotatable bonds is 7. The number of aldehydes is 1. The minimum Gasteiger partial charge on any atom is -0.298 e. The first-order chi connectivity index (χ1) is 14.1. The fourth-order valence-corrected chi connectivity index (χ4v) is 3.66. The molecule has 0 aliphatic heterocycles. The molecule has 0 aliphatic rings. The lowest BCUT2D eigenvalue weighted by Crippen LogP contribution is -1.95. The Balaban J connectivity index is 0.00000145. The van der Waals surface area contributed by atoms with Crippen molar-refractivity contribution >= 4 is 6.29 Å². The van der Waals surface area contributed by atoms with Crippen molar-refractivity contribution in [3.8, 4) is 11.1 Å². The van der Waals surface area contributed by atoms with Crippen molar-refractivity contribution in [1.29, 1.82) is 0 Å². The molecule has 0 amide bonds. The summed E-state index contributed by atoms with van der Waals surface area (Å²) in [4.78, 5) is 10.9. The van der Waals surface area contributed by atoms with Gasteiger partial charge in [-0.05, 0) is 71.6 Å². The Labute approximate surface area is 176 Å². The minimum absolute atomic E-state index is 0.781. The Morgan fingerprint density at radius 3 is 1.86 bits per heavy atom. The highest BCUT2D eigenvalue weighted by atomic mass is 16.1. The Morgan fingerprint density at radius 1 is 0.690 bits per heavy atom. The van der Waals surface area contributed by atoms with Crippen molar-refractivity contribution in [3.05, 3.63) is 94.0 Å². The Hall–Kier alpha value is -2.67. The fourth-order valence-electron chi connectivity index (χ4n) is 3.66. The predicted octanol–water partition coefficient (Wildman–Crippen LogP) is 7.41. The average Bonchev–Trinajstić information content (AvgIpc) is 2.79. The van der Waals surface area contributed by atoms with Crippen molar-refractivity contribution in [1.82, 2.24) is 0 Å². The molecule has 0 spiro atoms. The molecule has 0 aromatic heterocycles. The summed E-state index contributed by atoms with van der Waals surface area (Å²) in [6, 6.07) is 21.9. The SMILES string of the molecule is CC.CCc1ccc(-c2ccc(CCc3ccc(C=O)c(C)c3)cc2)cc1CC. The largest absolute Gasteiger partial charge is 0.298 e. The summed E-state index contributed by atoms with van der Waals surface area (Å²) < 4.78 is 0. The molecule has 152 valence electrons. The van der Waals surface area contributed by atoms with Gasteiger partial charge < -0.3 is 0 Å². The third-order valence-corrected chi connectivity index (χ3v) is 5.42. The Bertz CT molecular complexity index is 920. The molecule has 0 atom stereocenters. The van der Waals surface area contributed by atoms with E-state index in [4.69, 9.17) is 0 Å². The number of hydrogen-bond acceptors (Lipinski definition) is 1. The normalized spacial score (nSPS) is 10.2. The van der Waals surface area contributed by atoms with Gasteiger partial charge in [-0.15, -0.1) is 0 Å². The molecule has 0 saturated heterocycles. The molecule has 0 unspecified atom stereocenters. The van der Waals surface area contributed by atoms with Crippen molar-refractivity contribution in [3.63, 3.8) is 0 Å². The fraction of sp³-hybridized carbons (Fsp3) is 0.321. The average molecular weight is 387 g/mol. The van der Waals surface area contributed by atoms with Crippen molar-refractivity contribution in [2.75, 3.05) is 0 Å². The van der Waals surface area contributed by atoms with Crippen LogP contribution in [-0.4, -0.2) is 6.29 Å². The lowest BCUT2D eigenvalue weighted by molar-refractivity contribution is 0.112. The van der Waals surface area contributed by atoms with Gasteiger partial charge in [-0.25, -0.2) is 0 Å². The molecule has 0 aliphatic carbocycles. The van der Waals surface area contributed by atoms with Crippen molar-refractivity contribution < 1.29 is 4.79 Å². The van der Waals surface area contributed by atoms with E-state index in [0.29, 0.717) is 0 Å². The molecular weight excluding hydrogens is 352 g/mol. The van der Waals surface area contributed by atoms with Crippen molar-refractivity contribution in [2.24, 2.45) is 0 Å². The van der Waals surface area contributed by atoms with Gasteiger partial charge in [-0.2, -0.15) is 0 Å². The van der Waals surface area contributed by atoms with Gasteiger partial charge in [0.1, 0.15) is 6.29 Å². The van der Waals surface area contributed by atoms with Crippen LogP contribution in [0.3, 0.4) is 0 Å². The van der Waals surface area contributed by atoms with E-state index < -0.39 is 0 Å². The van der Waals surface area contributed by atoms with Crippen LogP contribution >= 0.6 is 0 Å². The lowest BCUT2D eigenvalue weighted by Gasteiger charge is -2.10. The summed E-state index contributed by atoms with van der Waals surface area (Å²) in [5, 5.41) is 0. The van der Waals surface area contributed by atoms with E-state index in [1.165, 1.54) is 33.4 Å². The van der Waals surface area contributed by atoms with Crippen LogP contribution in [0.5, 0.6) is 0 Å². The first kappa shape index (κ1) is 22.6. The van der Waals surface area contributed by atoms with Crippen LogP contribution in [0.1, 0.15) is 65.9 Å². The smallest absolute Gasteiger partial charge is 0.150 e. The first-order valence-electron chi connectivity index (χ1n) is 10.9. The number of aryl methyl sites for hydroxylation is 5. The van der Waals surface area contributed by atoms with Crippen LogP contribution < -0.4 is 0 Å². The van der Waals surface area contributed by atoms with Gasteiger partial charge in [0.15, 0.2) is 0 Å². The molecule has 29 heavy (non-hydrogen) atoms. The zero-order valence-corrected chi connectivity index (χ0v) is 18.6. The lowest BCUT2D eigenvalue weighted by atomic mass is 9.95. The molecule has 3 aromatic carbocycles. The van der Waals surface area contributed by atoms with Gasteiger partial charge >= 0.3 is 0 Å². The zero-order chi connectivity index (χ0) is 21.2. The second-order valence-electron chi connectivity index (χ2n) is 7.20. The molecule has 1 nitrogen and oxygen atoms in total. The molecule has 0 N–H and O–H groups in total. The summed E-state index contributed by atoms with van der Waals surface area (Å²) in [5.74, 6) is 0. The third kappa shape index (κ3) is 5.90. The second kappa shape index (κ2) is 11.4. The molecule has 3 aromatic rings. The van der Waals surface area contributed by atoms with E-state index in [1.54, 1.807) is 0 Å². The number of benzene rings is 3. The number of hydrogen-bond donors (Lipinski definition) is 0. The van der Waals surface area contributed by atoms with E-state index in [9.17, 15) is 4.79 Å². The van der Waals surface area contributed by atoms with E-state index in [-0.39, 0.29) is 0 Å². The molecular formula is C28H34O. The van der Waals surface area contributed by atoms with Crippen LogP contribution in [0.2, 0.25) is 0 Å². The summed E-state index contributed by atoms with van der Waals surface area (Å²) in [5.41, 5.74) is 9.95. The third-order valence-electron chi connectivity index (χ3n) is 5.42. The van der Waals surface area contributed by atoms with Crippen LogP contribution in [0.15, 0.2) is 60.7 Å². The molecule has 0 bridgehead atoms. The molecule has 0 saturated carbocycles. The molecule has 0 radical (unpaired) electrons. The molecule has 1 heteroatoms. The first-order valence-corrected chi connectivity index (χ1v) is 10.9. The standard InChI is InChI=1S/C26H28O.C2H6/c1-4-22-14-15-25(17-23(22)5-2)24-11-8-20(9-12-24)6-7-21-10-13-26(18-27)19(3)16-21;1-2/h8-18H,4-7H2,1-3H3;1-2H3. The van der Waals surface area contributed by atoms with Crippen LogP contribution in [-0.2, 0) is 25.7 Å². The highest BCUT2D eigenvalue weighted by Gasteiger charge is 2.04. The highest BCUT2D eigenvalue weighted by Crippen LogP contribution is 2.24. The summed E-state index contributed by atoms with van der Waals surface area (Å²) in [6.07, 6.45) is 5.10. The molecule has 0 fully saturated rings. The minimum atomic E-state index is 0.781. The van der Waals surface area contributed by atoms with Gasteiger partial charge in [0.2, 0.25) is 0 Å². The summed E-state index contributed by atoms with van der Waals surface area (Å²) in [6.45, 7) is 10.4. The summed E-state index contributed by atoms with van der Waals surface area (Å²) in [7, 11) is 0. The van der Waals surface area contributed by atoms with E-state index in [0.717, 1.165) is 43.1 Å². The maximum absolute atomic E-state index is 10.9. The number of carbonyl (C=O) groups excluding carboxylic acids is 1. The zero-order valence-electron chi connectivity index (χ0n) is 18.6. The topological polar surface area (TPSA) is 17.1 Å². The van der Waals surface area contributed by atoms with Gasteiger partial charge in [0.05, 0.1) is 0 Å².